The summed E-state index contributed by atoms with van der Waals surface area (Å²) >= 11 is 0. The van der Waals surface area contributed by atoms with Crippen molar-refractivity contribution >= 4 is 21.4 Å². The number of nitro benzene ring substituents is 1. The Balaban J connectivity index is 2.20. The highest BCUT2D eigenvalue weighted by Crippen LogP contribution is 2.34. The van der Waals surface area contributed by atoms with Gasteiger partial charge in [0.15, 0.2) is 0 Å². The number of anilines is 1. The van der Waals surface area contributed by atoms with Crippen LogP contribution >= 0.6 is 0 Å². The lowest BCUT2D eigenvalue weighted by Crippen LogP contribution is -2.33. The van der Waals surface area contributed by atoms with Gasteiger partial charge in [0.2, 0.25) is 10.0 Å². The first-order valence-corrected chi connectivity index (χ1v) is 8.30. The molecule has 8 heteroatoms. The minimum atomic E-state index is -3.67. The average Bonchev–Trinajstić information content (AvgIpc) is 3.20. The van der Waals surface area contributed by atoms with E-state index in [2.05, 4.69) is 10.0 Å². The number of sulfonamides is 1. The zero-order valence-electron chi connectivity index (χ0n) is 12.0. The van der Waals surface area contributed by atoms with E-state index in [9.17, 15) is 18.5 Å². The standard InChI is InChI=1S/C13H19N3O4S/c1-9(7-10-3-4-10)15-21(19,20)11-5-6-13(16(17)18)12(8-11)14-2/h5-6,8-10,14-15H,3-4,7H2,1-2H3. The summed E-state index contributed by atoms with van der Waals surface area (Å²) in [5.41, 5.74) is 0.0280. The number of benzene rings is 1. The van der Waals surface area contributed by atoms with Crippen molar-refractivity contribution in [2.75, 3.05) is 12.4 Å². The van der Waals surface area contributed by atoms with Crippen LogP contribution in [-0.4, -0.2) is 26.4 Å². The van der Waals surface area contributed by atoms with E-state index >= 15 is 0 Å². The van der Waals surface area contributed by atoms with Gasteiger partial charge in [-0.25, -0.2) is 13.1 Å². The second-order valence-electron chi connectivity index (χ2n) is 5.39. The van der Waals surface area contributed by atoms with Crippen LogP contribution < -0.4 is 10.0 Å². The molecule has 0 amide bonds. The van der Waals surface area contributed by atoms with E-state index in [-0.39, 0.29) is 22.3 Å². The molecule has 1 aromatic rings. The summed E-state index contributed by atoms with van der Waals surface area (Å²) in [5.74, 6) is 0.618. The van der Waals surface area contributed by atoms with Gasteiger partial charge in [0.1, 0.15) is 5.69 Å². The van der Waals surface area contributed by atoms with Crippen LogP contribution in [0.1, 0.15) is 26.2 Å². The van der Waals surface area contributed by atoms with Crippen LogP contribution in [0.4, 0.5) is 11.4 Å². The van der Waals surface area contributed by atoms with Crippen LogP contribution in [0.5, 0.6) is 0 Å². The van der Waals surface area contributed by atoms with E-state index in [4.69, 9.17) is 0 Å². The first-order valence-electron chi connectivity index (χ1n) is 6.82. The van der Waals surface area contributed by atoms with Crippen molar-refractivity contribution in [2.45, 2.75) is 37.1 Å². The van der Waals surface area contributed by atoms with E-state index in [1.165, 1.54) is 25.2 Å². The number of rotatable bonds is 7. The van der Waals surface area contributed by atoms with Gasteiger partial charge >= 0.3 is 0 Å². The Bertz CT molecular complexity index is 641. The molecule has 0 spiro atoms. The first-order chi connectivity index (χ1) is 9.83. The third kappa shape index (κ3) is 3.92. The lowest BCUT2D eigenvalue weighted by atomic mass is 10.2. The normalized spacial score (nSPS) is 16.5. The molecule has 21 heavy (non-hydrogen) atoms. The molecule has 0 aromatic heterocycles. The zero-order valence-corrected chi connectivity index (χ0v) is 12.8. The first kappa shape index (κ1) is 15.7. The SMILES string of the molecule is CNc1cc(S(=O)(=O)NC(C)CC2CC2)ccc1[N+](=O)[O-]. The highest BCUT2D eigenvalue weighted by Gasteiger charge is 2.27. The maximum absolute atomic E-state index is 12.3. The quantitative estimate of drug-likeness (QED) is 0.593. The summed E-state index contributed by atoms with van der Waals surface area (Å²) in [4.78, 5) is 10.3. The molecule has 1 aromatic carbocycles. The van der Waals surface area contributed by atoms with E-state index in [0.29, 0.717) is 5.92 Å². The van der Waals surface area contributed by atoms with Gasteiger partial charge in [-0.15, -0.1) is 0 Å². The molecular formula is C13H19N3O4S. The van der Waals surface area contributed by atoms with Crippen molar-refractivity contribution < 1.29 is 13.3 Å². The van der Waals surface area contributed by atoms with Crippen LogP contribution in [0.2, 0.25) is 0 Å². The Morgan fingerprint density at radius 3 is 2.62 bits per heavy atom. The monoisotopic (exact) mass is 313 g/mol. The van der Waals surface area contributed by atoms with Crippen LogP contribution in [0, 0.1) is 16.0 Å². The van der Waals surface area contributed by atoms with Crippen LogP contribution in [-0.2, 0) is 10.0 Å². The molecule has 1 aliphatic carbocycles. The van der Waals surface area contributed by atoms with E-state index < -0.39 is 14.9 Å². The average molecular weight is 313 g/mol. The van der Waals surface area contributed by atoms with Crippen LogP contribution in [0.25, 0.3) is 0 Å². The third-order valence-corrected chi connectivity index (χ3v) is 5.07. The zero-order chi connectivity index (χ0) is 15.6. The molecule has 1 unspecified atom stereocenters. The Morgan fingerprint density at radius 1 is 1.43 bits per heavy atom. The molecule has 0 bridgehead atoms. The van der Waals surface area contributed by atoms with E-state index in [1.807, 2.05) is 6.92 Å². The van der Waals surface area contributed by atoms with E-state index in [1.54, 1.807) is 0 Å². The highest BCUT2D eigenvalue weighted by atomic mass is 32.2. The number of nitro groups is 1. The van der Waals surface area contributed by atoms with Gasteiger partial charge < -0.3 is 5.32 Å². The predicted octanol–water partition coefficient (Wildman–Crippen LogP) is 2.10. The molecule has 0 aliphatic heterocycles. The molecule has 0 saturated heterocycles. The Morgan fingerprint density at radius 2 is 2.10 bits per heavy atom. The predicted molar refractivity (Wildman–Crippen MR) is 79.8 cm³/mol. The fourth-order valence-electron chi connectivity index (χ4n) is 2.28. The van der Waals surface area contributed by atoms with Gasteiger partial charge in [-0.1, -0.05) is 12.8 Å². The Labute approximate surface area is 123 Å². The molecule has 0 radical (unpaired) electrons. The van der Waals surface area contributed by atoms with Crippen LogP contribution in [0.15, 0.2) is 23.1 Å². The second kappa shape index (κ2) is 5.98. The molecule has 2 N–H and O–H groups in total. The molecule has 116 valence electrons. The maximum Gasteiger partial charge on any atom is 0.292 e. The summed E-state index contributed by atoms with van der Waals surface area (Å²) in [7, 11) is -2.15. The molecule has 2 rings (SSSR count). The van der Waals surface area contributed by atoms with Crippen molar-refractivity contribution in [3.05, 3.63) is 28.3 Å². The van der Waals surface area contributed by atoms with Gasteiger partial charge in [0.25, 0.3) is 5.69 Å². The largest absolute Gasteiger partial charge is 0.383 e. The summed E-state index contributed by atoms with van der Waals surface area (Å²) in [5, 5.41) is 13.5. The van der Waals surface area contributed by atoms with Crippen molar-refractivity contribution in [3.8, 4) is 0 Å². The topological polar surface area (TPSA) is 101 Å². The molecule has 1 aliphatic rings. The summed E-state index contributed by atoms with van der Waals surface area (Å²) in [6, 6.07) is 3.59. The number of hydrogen-bond acceptors (Lipinski definition) is 5. The van der Waals surface area contributed by atoms with Crippen molar-refractivity contribution in [2.24, 2.45) is 5.92 Å². The van der Waals surface area contributed by atoms with Gasteiger partial charge in [0.05, 0.1) is 9.82 Å². The summed E-state index contributed by atoms with van der Waals surface area (Å²) in [6.07, 6.45) is 3.14. The van der Waals surface area contributed by atoms with Crippen molar-refractivity contribution in [3.63, 3.8) is 0 Å². The lowest BCUT2D eigenvalue weighted by molar-refractivity contribution is -0.384. The van der Waals surface area contributed by atoms with Crippen LogP contribution in [0.3, 0.4) is 0 Å². The summed E-state index contributed by atoms with van der Waals surface area (Å²) in [6.45, 7) is 1.83. The van der Waals surface area contributed by atoms with Gasteiger partial charge in [-0.3, -0.25) is 10.1 Å². The van der Waals surface area contributed by atoms with Gasteiger partial charge in [-0.2, -0.15) is 0 Å². The fourth-order valence-corrected chi connectivity index (χ4v) is 3.56. The van der Waals surface area contributed by atoms with Crippen molar-refractivity contribution in [1.29, 1.82) is 0 Å². The Kier molecular flexibility index (Phi) is 4.48. The third-order valence-electron chi connectivity index (χ3n) is 3.48. The maximum atomic E-state index is 12.3. The van der Waals surface area contributed by atoms with Crippen molar-refractivity contribution in [1.82, 2.24) is 4.72 Å². The smallest absolute Gasteiger partial charge is 0.292 e. The summed E-state index contributed by atoms with van der Waals surface area (Å²) < 4.78 is 27.2. The molecule has 0 heterocycles. The number of hydrogen-bond donors (Lipinski definition) is 2. The minimum absolute atomic E-state index is 0.0279. The molecular weight excluding hydrogens is 294 g/mol. The Hall–Kier alpha value is -1.67. The van der Waals surface area contributed by atoms with E-state index in [0.717, 1.165) is 19.3 Å². The lowest BCUT2D eigenvalue weighted by Gasteiger charge is -2.14. The number of nitrogens with one attached hydrogen (secondary N) is 2. The van der Waals surface area contributed by atoms with Gasteiger partial charge in [-0.05, 0) is 31.4 Å². The fraction of sp³-hybridized carbons (Fsp3) is 0.538. The second-order valence-corrected chi connectivity index (χ2v) is 7.10. The van der Waals surface area contributed by atoms with Gasteiger partial charge in [0, 0.05) is 19.2 Å². The highest BCUT2D eigenvalue weighted by molar-refractivity contribution is 7.89. The molecule has 1 fully saturated rings. The molecule has 7 nitrogen and oxygen atoms in total. The minimum Gasteiger partial charge on any atom is -0.383 e. The molecule has 1 saturated carbocycles. The molecule has 1 atom stereocenters. The number of nitrogens with zero attached hydrogens (tertiary/aromatic N) is 1.